The molecule has 2 heteroatoms. The van der Waals surface area contributed by atoms with E-state index in [1.165, 1.54) is 5.56 Å². The number of rotatable bonds is 4. The number of hydrogen-bond acceptors (Lipinski definition) is 1. The van der Waals surface area contributed by atoms with Crippen molar-refractivity contribution in [2.24, 2.45) is 0 Å². The van der Waals surface area contributed by atoms with Crippen molar-refractivity contribution in [2.45, 2.75) is 26.1 Å². The fraction of sp³-hybridized carbons (Fsp3) is 0.333. The van der Waals surface area contributed by atoms with E-state index in [1.807, 2.05) is 18.2 Å². The lowest BCUT2D eigenvalue weighted by molar-refractivity contribution is 0.557. The van der Waals surface area contributed by atoms with Gasteiger partial charge in [0, 0.05) is 0 Å². The predicted molar refractivity (Wildman–Crippen MR) is 64.3 cm³/mol. The van der Waals surface area contributed by atoms with Gasteiger partial charge in [-0.1, -0.05) is 18.2 Å². The highest BCUT2D eigenvalue weighted by Crippen LogP contribution is 2.17. The third-order valence-corrected chi connectivity index (χ3v) is 2.58. The molecule has 1 nitrogen and oxygen atoms in total. The molecule has 1 aromatic rings. The van der Waals surface area contributed by atoms with Gasteiger partial charge >= 0.3 is 0 Å². The quantitative estimate of drug-likeness (QED) is 0.540. The van der Waals surface area contributed by atoms with E-state index in [1.54, 1.807) is 0 Å². The van der Waals surface area contributed by atoms with E-state index in [0.29, 0.717) is 0 Å². The highest BCUT2D eigenvalue weighted by atomic mass is 28.4. The van der Waals surface area contributed by atoms with Crippen LogP contribution in [0, 0.1) is 0 Å². The Balaban J connectivity index is 2.68. The van der Waals surface area contributed by atoms with Gasteiger partial charge in [-0.2, -0.15) is 0 Å². The summed E-state index contributed by atoms with van der Waals surface area (Å²) in [4.78, 5) is 0. The highest BCUT2D eigenvalue weighted by Gasteiger charge is 2.15. The fourth-order valence-corrected chi connectivity index (χ4v) is 2.06. The van der Waals surface area contributed by atoms with Crippen molar-refractivity contribution in [3.63, 3.8) is 0 Å². The first-order chi connectivity index (χ1) is 6.51. The first-order valence-corrected chi connectivity index (χ1v) is 8.31. The van der Waals surface area contributed by atoms with Crippen molar-refractivity contribution >= 4 is 8.32 Å². The van der Waals surface area contributed by atoms with Crippen LogP contribution in [0.25, 0.3) is 0 Å². The van der Waals surface area contributed by atoms with Crippen LogP contribution in [0.15, 0.2) is 36.9 Å². The van der Waals surface area contributed by atoms with Crippen LogP contribution < -0.4 is 4.43 Å². The highest BCUT2D eigenvalue weighted by molar-refractivity contribution is 6.70. The molecule has 0 amide bonds. The average molecular weight is 206 g/mol. The van der Waals surface area contributed by atoms with Crippen LogP contribution in [0.3, 0.4) is 0 Å². The van der Waals surface area contributed by atoms with Crippen LogP contribution in [-0.4, -0.2) is 8.32 Å². The molecule has 0 N–H and O–H groups in total. The minimum Gasteiger partial charge on any atom is -0.544 e. The summed E-state index contributed by atoms with van der Waals surface area (Å²) in [6.07, 6.45) is 2.83. The van der Waals surface area contributed by atoms with Crippen molar-refractivity contribution in [3.05, 3.63) is 42.5 Å². The van der Waals surface area contributed by atoms with Crippen molar-refractivity contribution in [1.29, 1.82) is 0 Å². The number of allylic oxidation sites excluding steroid dienone is 1. The molecule has 0 saturated carbocycles. The zero-order valence-corrected chi connectivity index (χ0v) is 10.2. The summed E-state index contributed by atoms with van der Waals surface area (Å²) in [6.45, 7) is 10.3. The summed E-state index contributed by atoms with van der Waals surface area (Å²) in [5.74, 6) is 0.983. The molecule has 0 aromatic heterocycles. The molecule has 1 rings (SSSR count). The van der Waals surface area contributed by atoms with Gasteiger partial charge in [-0.3, -0.25) is 0 Å². The van der Waals surface area contributed by atoms with Crippen LogP contribution >= 0.6 is 0 Å². The smallest absolute Gasteiger partial charge is 0.242 e. The molecular formula is C12H18OSi. The largest absolute Gasteiger partial charge is 0.544 e. The number of benzene rings is 1. The zero-order chi connectivity index (χ0) is 10.6. The van der Waals surface area contributed by atoms with Crippen molar-refractivity contribution < 1.29 is 4.43 Å². The van der Waals surface area contributed by atoms with Gasteiger partial charge < -0.3 is 4.43 Å². The maximum absolute atomic E-state index is 5.85. The Morgan fingerprint density at radius 3 is 2.21 bits per heavy atom. The first kappa shape index (κ1) is 11.1. The standard InChI is InChI=1S/C12H18OSi/c1-5-6-11-7-9-12(10-8-11)13-14(2,3)4/h5,7-10H,1,6H2,2-4H3. The second kappa shape index (κ2) is 4.47. The van der Waals surface area contributed by atoms with Gasteiger partial charge in [0.25, 0.3) is 0 Å². The molecule has 0 aliphatic carbocycles. The molecule has 0 fully saturated rings. The second-order valence-electron chi connectivity index (χ2n) is 4.35. The molecule has 0 unspecified atom stereocenters. The van der Waals surface area contributed by atoms with E-state index < -0.39 is 8.32 Å². The van der Waals surface area contributed by atoms with Crippen LogP contribution in [-0.2, 0) is 6.42 Å². The molecule has 14 heavy (non-hydrogen) atoms. The normalized spacial score (nSPS) is 11.1. The fourth-order valence-electron chi connectivity index (χ4n) is 1.21. The van der Waals surface area contributed by atoms with E-state index >= 15 is 0 Å². The van der Waals surface area contributed by atoms with Gasteiger partial charge in [-0.25, -0.2) is 0 Å². The molecule has 0 atom stereocenters. The lowest BCUT2D eigenvalue weighted by atomic mass is 10.1. The summed E-state index contributed by atoms with van der Waals surface area (Å²) < 4.78 is 5.85. The van der Waals surface area contributed by atoms with Gasteiger partial charge in [0.05, 0.1) is 0 Å². The minimum absolute atomic E-state index is 0.924. The maximum atomic E-state index is 5.85. The van der Waals surface area contributed by atoms with Crippen LogP contribution in [0.1, 0.15) is 5.56 Å². The minimum atomic E-state index is -1.45. The monoisotopic (exact) mass is 206 g/mol. The molecule has 1 aromatic carbocycles. The summed E-state index contributed by atoms with van der Waals surface area (Å²) >= 11 is 0. The Hall–Kier alpha value is -1.02. The SMILES string of the molecule is C=CCc1ccc(O[Si](C)(C)C)cc1. The Labute approximate surface area is 87.5 Å². The van der Waals surface area contributed by atoms with Gasteiger partial charge in [0.2, 0.25) is 8.32 Å². The Bertz CT molecular complexity index is 295. The third kappa shape index (κ3) is 3.79. The van der Waals surface area contributed by atoms with E-state index in [9.17, 15) is 0 Å². The molecule has 0 saturated heterocycles. The average Bonchev–Trinajstić information content (AvgIpc) is 2.06. The lowest BCUT2D eigenvalue weighted by Gasteiger charge is -2.19. The van der Waals surface area contributed by atoms with E-state index in [4.69, 9.17) is 4.43 Å². The van der Waals surface area contributed by atoms with Crippen LogP contribution in [0.5, 0.6) is 5.75 Å². The molecular weight excluding hydrogens is 188 g/mol. The Kier molecular flexibility index (Phi) is 3.53. The molecule has 0 radical (unpaired) electrons. The summed E-state index contributed by atoms with van der Waals surface area (Å²) in [5, 5.41) is 0. The summed E-state index contributed by atoms with van der Waals surface area (Å²) in [7, 11) is -1.45. The Morgan fingerprint density at radius 2 is 1.79 bits per heavy atom. The van der Waals surface area contributed by atoms with Gasteiger partial charge in [0.15, 0.2) is 0 Å². The molecule has 76 valence electrons. The first-order valence-electron chi connectivity index (χ1n) is 4.90. The second-order valence-corrected chi connectivity index (χ2v) is 8.78. The third-order valence-electron chi connectivity index (χ3n) is 1.73. The van der Waals surface area contributed by atoms with Crippen LogP contribution in [0.2, 0.25) is 19.6 Å². The molecule has 0 heterocycles. The van der Waals surface area contributed by atoms with Gasteiger partial charge in [-0.05, 0) is 43.8 Å². The van der Waals surface area contributed by atoms with Gasteiger partial charge in [0.1, 0.15) is 5.75 Å². The zero-order valence-electron chi connectivity index (χ0n) is 9.21. The van der Waals surface area contributed by atoms with Crippen molar-refractivity contribution in [3.8, 4) is 5.75 Å². The molecule has 0 aliphatic rings. The maximum Gasteiger partial charge on any atom is 0.242 e. The van der Waals surface area contributed by atoms with E-state index in [-0.39, 0.29) is 0 Å². The van der Waals surface area contributed by atoms with E-state index in [2.05, 4.69) is 38.4 Å². The topological polar surface area (TPSA) is 9.23 Å². The molecule has 0 bridgehead atoms. The predicted octanol–water partition coefficient (Wildman–Crippen LogP) is 3.63. The summed E-state index contributed by atoms with van der Waals surface area (Å²) in [6, 6.07) is 8.27. The Morgan fingerprint density at radius 1 is 1.21 bits per heavy atom. The number of hydrogen-bond donors (Lipinski definition) is 0. The molecule has 0 aliphatic heterocycles. The van der Waals surface area contributed by atoms with Crippen LogP contribution in [0.4, 0.5) is 0 Å². The summed E-state index contributed by atoms with van der Waals surface area (Å²) in [5.41, 5.74) is 1.28. The molecule has 0 spiro atoms. The lowest BCUT2D eigenvalue weighted by Crippen LogP contribution is -2.29. The van der Waals surface area contributed by atoms with Crippen molar-refractivity contribution in [2.75, 3.05) is 0 Å². The van der Waals surface area contributed by atoms with Gasteiger partial charge in [-0.15, -0.1) is 6.58 Å². The van der Waals surface area contributed by atoms with Crippen molar-refractivity contribution in [1.82, 2.24) is 0 Å². The van der Waals surface area contributed by atoms with E-state index in [0.717, 1.165) is 12.2 Å².